The van der Waals surface area contributed by atoms with Gasteiger partial charge in [0.25, 0.3) is 5.91 Å². The summed E-state index contributed by atoms with van der Waals surface area (Å²) in [6, 6.07) is 8.09. The summed E-state index contributed by atoms with van der Waals surface area (Å²) in [7, 11) is 4.01. The van der Waals surface area contributed by atoms with Crippen molar-refractivity contribution in [3.63, 3.8) is 0 Å². The number of thiazole rings is 1. The lowest BCUT2D eigenvalue weighted by molar-refractivity contribution is 0.0959. The van der Waals surface area contributed by atoms with Gasteiger partial charge in [-0.3, -0.25) is 9.10 Å². The van der Waals surface area contributed by atoms with Crippen molar-refractivity contribution in [2.24, 2.45) is 0 Å². The summed E-state index contributed by atoms with van der Waals surface area (Å²) in [4.78, 5) is 18.0. The van der Waals surface area contributed by atoms with Crippen LogP contribution in [-0.2, 0) is 0 Å². The summed E-state index contributed by atoms with van der Waals surface area (Å²) in [5, 5.41) is 3.66. The van der Waals surface area contributed by atoms with Crippen LogP contribution in [0.5, 0.6) is 0 Å². The van der Waals surface area contributed by atoms with Crippen LogP contribution in [0.2, 0.25) is 0 Å². The van der Waals surface area contributed by atoms with Crippen molar-refractivity contribution in [2.45, 2.75) is 11.8 Å². The minimum atomic E-state index is -0.0611. The largest absolute Gasteiger partial charge is 0.352 e. The second-order valence-corrected chi connectivity index (χ2v) is 6.67. The van der Waals surface area contributed by atoms with Gasteiger partial charge in [-0.1, -0.05) is 18.2 Å². The van der Waals surface area contributed by atoms with E-state index < -0.39 is 0 Å². The van der Waals surface area contributed by atoms with Crippen LogP contribution in [0.4, 0.5) is 0 Å². The third-order valence-electron chi connectivity index (χ3n) is 2.47. The lowest BCUT2D eigenvalue weighted by Gasteiger charge is -2.11. The van der Waals surface area contributed by atoms with E-state index in [0.717, 1.165) is 15.5 Å². The number of aromatic nitrogens is 1. The zero-order chi connectivity index (χ0) is 14.5. The third kappa shape index (κ3) is 3.59. The molecule has 0 fully saturated rings. The molecule has 0 unspecified atom stereocenters. The smallest absolute Gasteiger partial charge is 0.263 e. The van der Waals surface area contributed by atoms with E-state index in [2.05, 4.69) is 16.4 Å². The van der Waals surface area contributed by atoms with Crippen molar-refractivity contribution < 1.29 is 4.79 Å². The molecule has 6 heteroatoms. The molecule has 1 N–H and O–H groups in total. The van der Waals surface area contributed by atoms with Crippen molar-refractivity contribution in [3.8, 4) is 10.6 Å². The molecule has 1 aromatic heterocycles. The van der Waals surface area contributed by atoms with Crippen LogP contribution in [0.15, 0.2) is 35.4 Å². The fraction of sp³-hybridized carbons (Fsp3) is 0.286. The standard InChI is InChI=1S/C14H17N3OS2/c1-4-15-13(18)12-9-16-14(19-12)10-7-5-6-8-11(10)20-17(2)3/h5-9H,4H2,1-3H3,(H,15,18). The van der Waals surface area contributed by atoms with E-state index in [-0.39, 0.29) is 5.91 Å². The molecule has 1 amide bonds. The lowest BCUT2D eigenvalue weighted by atomic mass is 10.2. The van der Waals surface area contributed by atoms with Gasteiger partial charge in [0.1, 0.15) is 9.88 Å². The number of hydrogen-bond donors (Lipinski definition) is 1. The first-order valence-electron chi connectivity index (χ1n) is 6.30. The highest BCUT2D eigenvalue weighted by Crippen LogP contribution is 2.34. The van der Waals surface area contributed by atoms with Crippen molar-refractivity contribution in [2.75, 3.05) is 20.6 Å². The van der Waals surface area contributed by atoms with E-state index in [9.17, 15) is 4.79 Å². The summed E-state index contributed by atoms with van der Waals surface area (Å²) in [6.45, 7) is 2.53. The zero-order valence-corrected chi connectivity index (χ0v) is 13.3. The van der Waals surface area contributed by atoms with Gasteiger partial charge in [0, 0.05) is 17.0 Å². The lowest BCUT2D eigenvalue weighted by Crippen LogP contribution is -2.21. The number of carbonyl (C=O) groups excluding carboxylic acids is 1. The molecule has 106 valence electrons. The quantitative estimate of drug-likeness (QED) is 0.862. The van der Waals surface area contributed by atoms with Gasteiger partial charge in [0.2, 0.25) is 0 Å². The Morgan fingerprint density at radius 1 is 1.40 bits per heavy atom. The van der Waals surface area contributed by atoms with E-state index in [1.54, 1.807) is 18.1 Å². The molecular formula is C14H17N3OS2. The first-order valence-corrected chi connectivity index (χ1v) is 7.89. The number of rotatable bonds is 5. The average Bonchev–Trinajstić information content (AvgIpc) is 2.88. The van der Waals surface area contributed by atoms with E-state index in [1.807, 2.05) is 43.5 Å². The Morgan fingerprint density at radius 2 is 2.15 bits per heavy atom. The minimum Gasteiger partial charge on any atom is -0.352 e. The Morgan fingerprint density at radius 3 is 2.85 bits per heavy atom. The maximum Gasteiger partial charge on any atom is 0.263 e. The van der Waals surface area contributed by atoms with Gasteiger partial charge in [0.05, 0.1) is 6.20 Å². The molecular weight excluding hydrogens is 290 g/mol. The highest BCUT2D eigenvalue weighted by atomic mass is 32.2. The Bertz CT molecular complexity index is 596. The van der Waals surface area contributed by atoms with Crippen LogP contribution in [0.3, 0.4) is 0 Å². The summed E-state index contributed by atoms with van der Waals surface area (Å²) < 4.78 is 2.04. The molecule has 0 saturated carbocycles. The fourth-order valence-corrected chi connectivity index (χ4v) is 3.40. The Hall–Kier alpha value is -1.37. The van der Waals surface area contributed by atoms with Crippen LogP contribution in [0, 0.1) is 0 Å². The molecule has 1 heterocycles. The van der Waals surface area contributed by atoms with Crippen molar-refractivity contribution in [3.05, 3.63) is 35.3 Å². The maximum atomic E-state index is 11.8. The first-order chi connectivity index (χ1) is 9.61. The SMILES string of the molecule is CCNC(=O)c1cnc(-c2ccccc2SN(C)C)s1. The summed E-state index contributed by atoms with van der Waals surface area (Å²) in [5.74, 6) is -0.0611. The first kappa shape index (κ1) is 15.0. The monoisotopic (exact) mass is 307 g/mol. The second-order valence-electron chi connectivity index (χ2n) is 4.29. The van der Waals surface area contributed by atoms with E-state index in [4.69, 9.17) is 0 Å². The number of hydrogen-bond acceptors (Lipinski definition) is 5. The van der Waals surface area contributed by atoms with Crippen molar-refractivity contribution in [1.29, 1.82) is 0 Å². The van der Waals surface area contributed by atoms with E-state index in [1.165, 1.54) is 11.3 Å². The topological polar surface area (TPSA) is 45.2 Å². The van der Waals surface area contributed by atoms with Crippen molar-refractivity contribution in [1.82, 2.24) is 14.6 Å². The molecule has 0 aliphatic heterocycles. The third-order valence-corrected chi connectivity index (χ3v) is 4.41. The molecule has 2 rings (SSSR count). The van der Waals surface area contributed by atoms with Gasteiger partial charge in [-0.2, -0.15) is 0 Å². The molecule has 0 aliphatic rings. The normalized spacial score (nSPS) is 10.8. The van der Waals surface area contributed by atoms with Crippen LogP contribution >= 0.6 is 23.3 Å². The predicted molar refractivity (Wildman–Crippen MR) is 85.1 cm³/mol. The summed E-state index contributed by atoms with van der Waals surface area (Å²) in [6.07, 6.45) is 1.64. The summed E-state index contributed by atoms with van der Waals surface area (Å²) in [5.41, 5.74) is 1.06. The van der Waals surface area contributed by atoms with E-state index >= 15 is 0 Å². The number of benzene rings is 1. The van der Waals surface area contributed by atoms with Gasteiger partial charge in [-0.15, -0.1) is 11.3 Å². The Kier molecular flexibility index (Phi) is 5.17. The number of nitrogens with zero attached hydrogens (tertiary/aromatic N) is 2. The molecule has 0 atom stereocenters. The van der Waals surface area contributed by atoms with Gasteiger partial charge < -0.3 is 5.32 Å². The van der Waals surface area contributed by atoms with Crippen LogP contribution in [0.1, 0.15) is 16.6 Å². The Balaban J connectivity index is 2.30. The van der Waals surface area contributed by atoms with Crippen LogP contribution in [0.25, 0.3) is 10.6 Å². The van der Waals surface area contributed by atoms with Crippen LogP contribution < -0.4 is 5.32 Å². The van der Waals surface area contributed by atoms with Gasteiger partial charge in [0.15, 0.2) is 0 Å². The zero-order valence-electron chi connectivity index (χ0n) is 11.7. The number of amides is 1. The Labute approximate surface area is 127 Å². The molecule has 1 aromatic carbocycles. The molecule has 4 nitrogen and oxygen atoms in total. The molecule has 0 radical (unpaired) electrons. The fourth-order valence-electron chi connectivity index (χ4n) is 1.67. The molecule has 0 spiro atoms. The highest BCUT2D eigenvalue weighted by molar-refractivity contribution is 7.97. The van der Waals surface area contributed by atoms with Crippen LogP contribution in [-0.4, -0.2) is 35.8 Å². The number of nitrogens with one attached hydrogen (secondary N) is 1. The molecule has 0 bridgehead atoms. The van der Waals surface area contributed by atoms with Gasteiger partial charge >= 0.3 is 0 Å². The predicted octanol–water partition coefficient (Wildman–Crippen LogP) is 3.13. The van der Waals surface area contributed by atoms with Gasteiger partial charge in [-0.25, -0.2) is 4.98 Å². The molecule has 2 aromatic rings. The van der Waals surface area contributed by atoms with E-state index in [0.29, 0.717) is 11.4 Å². The van der Waals surface area contributed by atoms with Gasteiger partial charge in [-0.05, 0) is 39.0 Å². The molecule has 0 aliphatic carbocycles. The maximum absolute atomic E-state index is 11.8. The minimum absolute atomic E-state index is 0.0611. The molecule has 0 saturated heterocycles. The number of carbonyl (C=O) groups is 1. The average molecular weight is 307 g/mol. The van der Waals surface area contributed by atoms with Crippen molar-refractivity contribution >= 4 is 29.2 Å². The highest BCUT2D eigenvalue weighted by Gasteiger charge is 2.13. The summed E-state index contributed by atoms with van der Waals surface area (Å²) >= 11 is 3.07. The second kappa shape index (κ2) is 6.88. The molecule has 20 heavy (non-hydrogen) atoms.